The Balaban J connectivity index is 1.53. The van der Waals surface area contributed by atoms with Crippen LogP contribution >= 0.6 is 79.7 Å². The number of carbonyl (C=O) groups is 1. The molecule has 0 spiro atoms. The summed E-state index contributed by atoms with van der Waals surface area (Å²) < 4.78 is 21.0. The Morgan fingerprint density at radius 1 is 1.00 bits per heavy atom. The largest absolute Gasteiger partial charge is 0.494 e. The van der Waals surface area contributed by atoms with E-state index in [9.17, 15) is 9.59 Å². The van der Waals surface area contributed by atoms with Crippen molar-refractivity contribution in [1.82, 2.24) is 4.57 Å². The number of carbonyl (C=O) groups excluding carboxylic acids is 1. The number of ether oxygens (including phenoxy) is 3. The number of nitrogens with zero attached hydrogens (tertiary/aromatic N) is 2. The highest BCUT2D eigenvalue weighted by Crippen LogP contribution is 2.33. The van der Waals surface area contributed by atoms with Crippen LogP contribution in [0.3, 0.4) is 0 Å². The van der Waals surface area contributed by atoms with Gasteiger partial charge in [0, 0.05) is 0 Å². The Labute approximate surface area is 295 Å². The molecule has 1 aromatic heterocycles. The van der Waals surface area contributed by atoms with E-state index in [1.54, 1.807) is 30.5 Å². The minimum absolute atomic E-state index is 0.209. The lowest BCUT2D eigenvalue weighted by Crippen LogP contribution is -2.39. The van der Waals surface area contributed by atoms with E-state index in [2.05, 4.69) is 50.2 Å². The van der Waals surface area contributed by atoms with Crippen LogP contribution in [-0.4, -0.2) is 23.8 Å². The summed E-state index contributed by atoms with van der Waals surface area (Å²) >= 11 is 17.9. The van der Waals surface area contributed by atoms with Crippen LogP contribution in [0.2, 0.25) is 10.0 Å². The third-order valence-electron chi connectivity index (χ3n) is 6.71. The van der Waals surface area contributed by atoms with Gasteiger partial charge in [0.25, 0.3) is 5.56 Å². The van der Waals surface area contributed by atoms with Crippen LogP contribution in [0, 0.1) is 7.14 Å². The minimum Gasteiger partial charge on any atom is -0.494 e. The van der Waals surface area contributed by atoms with Crippen LogP contribution in [0.25, 0.3) is 6.08 Å². The van der Waals surface area contributed by atoms with Gasteiger partial charge in [-0.15, -0.1) is 0 Å². The van der Waals surface area contributed by atoms with Gasteiger partial charge < -0.3 is 14.2 Å². The Bertz CT molecular complexity index is 1930. The molecule has 0 amide bonds. The second-order valence-corrected chi connectivity index (χ2v) is 13.8. The molecule has 4 aromatic rings. The van der Waals surface area contributed by atoms with Crippen molar-refractivity contribution in [2.24, 2.45) is 4.99 Å². The van der Waals surface area contributed by atoms with Gasteiger partial charge in [-0.25, -0.2) is 9.79 Å². The molecule has 1 aliphatic heterocycles. The molecule has 0 bridgehead atoms. The maximum atomic E-state index is 14.0. The molecule has 12 heteroatoms. The molecule has 3 aromatic carbocycles. The molecule has 0 saturated heterocycles. The Hall–Kier alpha value is -2.39. The number of fused-ring (bicyclic) bond motifs is 1. The number of rotatable bonds is 9. The van der Waals surface area contributed by atoms with Crippen molar-refractivity contribution < 1.29 is 19.0 Å². The normalized spacial score (nSPS) is 14.7. The summed E-state index contributed by atoms with van der Waals surface area (Å²) in [5, 5.41) is 0.968. The summed E-state index contributed by atoms with van der Waals surface area (Å²) in [6.07, 6.45) is 1.84. The van der Waals surface area contributed by atoms with E-state index < -0.39 is 12.0 Å². The van der Waals surface area contributed by atoms with Crippen molar-refractivity contribution in [3.05, 3.63) is 119 Å². The van der Waals surface area contributed by atoms with E-state index >= 15 is 0 Å². The van der Waals surface area contributed by atoms with Crippen LogP contribution in [0.15, 0.2) is 75.7 Å². The number of esters is 1. The van der Waals surface area contributed by atoms with Crippen molar-refractivity contribution in [2.45, 2.75) is 33.4 Å². The Morgan fingerprint density at radius 2 is 1.70 bits per heavy atom. The molecule has 0 radical (unpaired) electrons. The first-order valence-corrected chi connectivity index (χ1v) is 17.3. The maximum absolute atomic E-state index is 14.0. The van der Waals surface area contributed by atoms with Gasteiger partial charge in [-0.05, 0) is 125 Å². The molecule has 0 saturated carbocycles. The third-order valence-corrected chi connectivity index (χ3v) is 10.0. The molecular weight excluding hydrogens is 849 g/mol. The van der Waals surface area contributed by atoms with Crippen molar-refractivity contribution in [2.75, 3.05) is 13.2 Å². The lowest BCUT2D eigenvalue weighted by molar-refractivity contribution is -0.139. The van der Waals surface area contributed by atoms with E-state index in [1.165, 1.54) is 11.3 Å². The molecule has 0 unspecified atom stereocenters. The topological polar surface area (TPSA) is 79.1 Å². The summed E-state index contributed by atoms with van der Waals surface area (Å²) in [6, 6.07) is 16.0. The standard InChI is InChI=1S/C32H26Cl2I2N2O5S/c1-4-41-21-9-7-20(8-10-21)28-27(31(40)42-5-2)17(3)37-32-38(28)30(39)26(44-32)15-19-13-24(35)29(25(36)14-19)43-16-18-6-11-22(33)23(34)12-18/h6-15,28H,4-5,16H2,1-3H3/b26-15-/t28-/m0/s1. The van der Waals surface area contributed by atoms with Gasteiger partial charge in [-0.3, -0.25) is 9.36 Å². The zero-order chi connectivity index (χ0) is 31.5. The summed E-state index contributed by atoms with van der Waals surface area (Å²) in [4.78, 5) is 32.3. The SMILES string of the molecule is CCOC(=O)C1=C(C)N=c2s/c(=C\c3cc(I)c(OCc4ccc(Cl)c(Cl)c4)c(I)c3)c(=O)n2[C@H]1c1ccc(OCC)cc1. The molecule has 0 aliphatic carbocycles. The number of hydrogen-bond donors (Lipinski definition) is 0. The second kappa shape index (κ2) is 14.4. The van der Waals surface area contributed by atoms with Crippen molar-refractivity contribution in [3.63, 3.8) is 0 Å². The average Bonchev–Trinajstić information content (AvgIpc) is 3.28. The third kappa shape index (κ3) is 7.04. The van der Waals surface area contributed by atoms with Crippen molar-refractivity contribution in [1.29, 1.82) is 0 Å². The highest BCUT2D eigenvalue weighted by atomic mass is 127. The van der Waals surface area contributed by atoms with E-state index in [0.717, 1.165) is 29.6 Å². The van der Waals surface area contributed by atoms with E-state index in [-0.39, 0.29) is 12.2 Å². The number of hydrogen-bond acceptors (Lipinski definition) is 7. The lowest BCUT2D eigenvalue weighted by atomic mass is 9.96. The minimum atomic E-state index is -0.694. The van der Waals surface area contributed by atoms with E-state index in [1.807, 2.05) is 55.5 Å². The van der Waals surface area contributed by atoms with Gasteiger partial charge in [0.05, 0.1) is 52.2 Å². The summed E-state index contributed by atoms with van der Waals surface area (Å²) in [5.74, 6) is 0.944. The molecule has 5 rings (SSSR count). The number of aromatic nitrogens is 1. The monoisotopic (exact) mass is 874 g/mol. The van der Waals surface area contributed by atoms with Crippen LogP contribution in [0.1, 0.15) is 43.5 Å². The lowest BCUT2D eigenvalue weighted by Gasteiger charge is -2.24. The number of allylic oxidation sites excluding steroid dienone is 1. The molecule has 2 heterocycles. The molecule has 1 atom stereocenters. The van der Waals surface area contributed by atoms with Gasteiger partial charge >= 0.3 is 5.97 Å². The molecular formula is C32H26Cl2I2N2O5S. The zero-order valence-electron chi connectivity index (χ0n) is 23.8. The number of benzene rings is 3. The van der Waals surface area contributed by atoms with Gasteiger partial charge in [-0.2, -0.15) is 0 Å². The van der Waals surface area contributed by atoms with Crippen LogP contribution in [0.5, 0.6) is 11.5 Å². The fraction of sp³-hybridized carbons (Fsp3) is 0.219. The average molecular weight is 875 g/mol. The van der Waals surface area contributed by atoms with Gasteiger partial charge in [0.1, 0.15) is 18.1 Å². The number of thiazole rings is 1. The Kier molecular flexibility index (Phi) is 10.8. The van der Waals surface area contributed by atoms with Crippen LogP contribution in [-0.2, 0) is 16.1 Å². The molecule has 1 aliphatic rings. The molecule has 0 N–H and O–H groups in total. The smallest absolute Gasteiger partial charge is 0.338 e. The Morgan fingerprint density at radius 3 is 2.34 bits per heavy atom. The first kappa shape index (κ1) is 33.0. The zero-order valence-corrected chi connectivity index (χ0v) is 30.5. The highest BCUT2D eigenvalue weighted by molar-refractivity contribution is 14.1. The van der Waals surface area contributed by atoms with Gasteiger partial charge in [-0.1, -0.05) is 52.7 Å². The number of halogens is 4. The predicted octanol–water partition coefficient (Wildman–Crippen LogP) is 7.29. The fourth-order valence-corrected chi connectivity index (χ4v) is 8.25. The quantitative estimate of drug-likeness (QED) is 0.131. The van der Waals surface area contributed by atoms with Crippen molar-refractivity contribution >= 4 is 91.8 Å². The fourth-order valence-electron chi connectivity index (χ4n) is 4.76. The predicted molar refractivity (Wildman–Crippen MR) is 191 cm³/mol. The molecule has 7 nitrogen and oxygen atoms in total. The summed E-state index contributed by atoms with van der Waals surface area (Å²) in [7, 11) is 0. The highest BCUT2D eigenvalue weighted by Gasteiger charge is 2.33. The van der Waals surface area contributed by atoms with E-state index in [4.69, 9.17) is 37.4 Å². The van der Waals surface area contributed by atoms with Crippen LogP contribution in [0.4, 0.5) is 0 Å². The molecule has 228 valence electrons. The maximum Gasteiger partial charge on any atom is 0.338 e. The summed E-state index contributed by atoms with van der Waals surface area (Å²) in [6.45, 7) is 6.50. The first-order chi connectivity index (χ1) is 21.1. The van der Waals surface area contributed by atoms with E-state index in [0.29, 0.717) is 49.6 Å². The molecule has 44 heavy (non-hydrogen) atoms. The molecule has 0 fully saturated rings. The summed E-state index contributed by atoms with van der Waals surface area (Å²) in [5.41, 5.74) is 3.10. The van der Waals surface area contributed by atoms with Gasteiger partial charge in [0.15, 0.2) is 4.80 Å². The van der Waals surface area contributed by atoms with Crippen molar-refractivity contribution in [3.8, 4) is 11.5 Å². The first-order valence-electron chi connectivity index (χ1n) is 13.6. The second-order valence-electron chi connectivity index (χ2n) is 9.66. The van der Waals surface area contributed by atoms with Gasteiger partial charge in [0.2, 0.25) is 0 Å². The van der Waals surface area contributed by atoms with Crippen LogP contribution < -0.4 is 24.4 Å².